The normalized spacial score (nSPS) is 10.5. The largest absolute Gasteiger partial charge is 0.493 e. The number of hydrogen-bond acceptors (Lipinski definition) is 4. The molecule has 0 aliphatic carbocycles. The molecule has 22 heavy (non-hydrogen) atoms. The molecule has 0 saturated heterocycles. The third-order valence-corrected chi connectivity index (χ3v) is 3.03. The van der Waals surface area contributed by atoms with Crippen molar-refractivity contribution in [2.24, 2.45) is 5.10 Å². The number of methoxy groups -OCH3 is 2. The van der Waals surface area contributed by atoms with Crippen molar-refractivity contribution >= 4 is 12.1 Å². The van der Waals surface area contributed by atoms with Crippen LogP contribution in [0.25, 0.3) is 0 Å². The van der Waals surface area contributed by atoms with Gasteiger partial charge in [0.1, 0.15) is 0 Å². The molecule has 1 amide bonds. The summed E-state index contributed by atoms with van der Waals surface area (Å²) in [4.78, 5) is 11.8. The first-order chi connectivity index (χ1) is 10.7. The van der Waals surface area contributed by atoms with Crippen molar-refractivity contribution < 1.29 is 14.3 Å². The molecular weight excluding hydrogens is 280 g/mol. The molecule has 5 heteroatoms. The highest BCUT2D eigenvalue weighted by Crippen LogP contribution is 2.29. The quantitative estimate of drug-likeness (QED) is 0.658. The van der Waals surface area contributed by atoms with Gasteiger partial charge in [0.05, 0.1) is 26.9 Å². The Hall–Kier alpha value is -2.82. The van der Waals surface area contributed by atoms with Crippen LogP contribution in [0.3, 0.4) is 0 Å². The van der Waals surface area contributed by atoms with Gasteiger partial charge in [-0.1, -0.05) is 36.4 Å². The third kappa shape index (κ3) is 4.09. The fourth-order valence-electron chi connectivity index (χ4n) is 2.01. The number of nitrogens with one attached hydrogen (secondary N) is 1. The number of hydrogen-bond donors (Lipinski definition) is 1. The Labute approximate surface area is 129 Å². The van der Waals surface area contributed by atoms with Crippen LogP contribution in [-0.4, -0.2) is 26.3 Å². The van der Waals surface area contributed by atoms with E-state index in [0.29, 0.717) is 11.5 Å². The second-order valence-corrected chi connectivity index (χ2v) is 4.54. The van der Waals surface area contributed by atoms with Crippen molar-refractivity contribution in [2.75, 3.05) is 14.2 Å². The smallest absolute Gasteiger partial charge is 0.244 e. The van der Waals surface area contributed by atoms with Crippen LogP contribution >= 0.6 is 0 Å². The van der Waals surface area contributed by atoms with Crippen LogP contribution in [0.2, 0.25) is 0 Å². The van der Waals surface area contributed by atoms with Crippen molar-refractivity contribution in [1.29, 1.82) is 0 Å². The average molecular weight is 298 g/mol. The highest BCUT2D eigenvalue weighted by molar-refractivity contribution is 5.86. The molecule has 2 aromatic carbocycles. The number of benzene rings is 2. The lowest BCUT2D eigenvalue weighted by atomic mass is 10.1. The molecule has 0 aliphatic heterocycles. The maximum absolute atomic E-state index is 11.8. The molecule has 0 heterocycles. The van der Waals surface area contributed by atoms with E-state index in [4.69, 9.17) is 9.47 Å². The summed E-state index contributed by atoms with van der Waals surface area (Å²) < 4.78 is 10.5. The number of para-hydroxylation sites is 1. The van der Waals surface area contributed by atoms with Crippen LogP contribution in [0.5, 0.6) is 11.5 Å². The van der Waals surface area contributed by atoms with Gasteiger partial charge in [0.15, 0.2) is 11.5 Å². The highest BCUT2D eigenvalue weighted by atomic mass is 16.5. The summed E-state index contributed by atoms with van der Waals surface area (Å²) in [6, 6.07) is 14.9. The van der Waals surface area contributed by atoms with Gasteiger partial charge in [-0.25, -0.2) is 5.43 Å². The van der Waals surface area contributed by atoms with Crippen molar-refractivity contribution in [1.82, 2.24) is 5.43 Å². The van der Waals surface area contributed by atoms with Crippen molar-refractivity contribution in [2.45, 2.75) is 6.42 Å². The van der Waals surface area contributed by atoms with Gasteiger partial charge < -0.3 is 9.47 Å². The van der Waals surface area contributed by atoms with Gasteiger partial charge in [0.2, 0.25) is 5.91 Å². The Morgan fingerprint density at radius 1 is 1.09 bits per heavy atom. The number of hydrazone groups is 1. The SMILES string of the molecule is COc1cccc(/C=N\NC(=O)Cc2ccccc2)c1OC. The molecule has 0 fully saturated rings. The van der Waals surface area contributed by atoms with E-state index >= 15 is 0 Å². The molecule has 2 aromatic rings. The van der Waals surface area contributed by atoms with Crippen molar-refractivity contribution in [3.8, 4) is 11.5 Å². The van der Waals surface area contributed by atoms with Crippen LogP contribution in [0.15, 0.2) is 53.6 Å². The van der Waals surface area contributed by atoms with E-state index in [-0.39, 0.29) is 12.3 Å². The molecule has 5 nitrogen and oxygen atoms in total. The minimum atomic E-state index is -0.177. The van der Waals surface area contributed by atoms with Gasteiger partial charge >= 0.3 is 0 Å². The maximum atomic E-state index is 11.8. The lowest BCUT2D eigenvalue weighted by Crippen LogP contribution is -2.19. The molecule has 1 N–H and O–H groups in total. The summed E-state index contributed by atoms with van der Waals surface area (Å²) in [5.41, 5.74) is 4.17. The van der Waals surface area contributed by atoms with Crippen LogP contribution in [0.1, 0.15) is 11.1 Å². The zero-order valence-electron chi connectivity index (χ0n) is 12.6. The summed E-state index contributed by atoms with van der Waals surface area (Å²) in [7, 11) is 3.13. The number of amides is 1. The Kier molecular flexibility index (Phi) is 5.54. The fraction of sp³-hybridized carbons (Fsp3) is 0.176. The molecule has 0 aliphatic rings. The first-order valence-corrected chi connectivity index (χ1v) is 6.81. The van der Waals surface area contributed by atoms with Crippen LogP contribution in [-0.2, 0) is 11.2 Å². The molecule has 0 unspecified atom stereocenters. The van der Waals surface area contributed by atoms with Gasteiger partial charge in [-0.05, 0) is 17.7 Å². The molecule has 114 valence electrons. The number of carbonyl (C=O) groups is 1. The zero-order chi connectivity index (χ0) is 15.8. The van der Waals surface area contributed by atoms with Gasteiger partial charge in [-0.3, -0.25) is 4.79 Å². The monoisotopic (exact) mass is 298 g/mol. The van der Waals surface area contributed by atoms with E-state index in [9.17, 15) is 4.79 Å². The van der Waals surface area contributed by atoms with Crippen LogP contribution < -0.4 is 14.9 Å². The third-order valence-electron chi connectivity index (χ3n) is 3.03. The Bertz CT molecular complexity index is 654. The second kappa shape index (κ2) is 7.83. The highest BCUT2D eigenvalue weighted by Gasteiger charge is 2.07. The predicted molar refractivity (Wildman–Crippen MR) is 85.4 cm³/mol. The van der Waals surface area contributed by atoms with Gasteiger partial charge in [0, 0.05) is 5.56 Å². The minimum Gasteiger partial charge on any atom is -0.493 e. The molecule has 0 aromatic heterocycles. The second-order valence-electron chi connectivity index (χ2n) is 4.54. The number of carbonyl (C=O) groups excluding carboxylic acids is 1. The van der Waals surface area contributed by atoms with Gasteiger partial charge in [0.25, 0.3) is 0 Å². The van der Waals surface area contributed by atoms with E-state index in [1.807, 2.05) is 42.5 Å². The molecule has 2 rings (SSSR count). The summed E-state index contributed by atoms with van der Waals surface area (Å²) in [5.74, 6) is 1.01. The van der Waals surface area contributed by atoms with E-state index in [0.717, 1.165) is 11.1 Å². The Morgan fingerprint density at radius 2 is 1.86 bits per heavy atom. The Morgan fingerprint density at radius 3 is 2.55 bits per heavy atom. The van der Waals surface area contributed by atoms with Crippen LogP contribution in [0, 0.1) is 0 Å². The first-order valence-electron chi connectivity index (χ1n) is 6.81. The number of nitrogens with zero attached hydrogens (tertiary/aromatic N) is 1. The average Bonchev–Trinajstić information content (AvgIpc) is 2.55. The molecule has 0 saturated carbocycles. The molecule has 0 radical (unpaired) electrons. The van der Waals surface area contributed by atoms with Crippen molar-refractivity contribution in [3.05, 3.63) is 59.7 Å². The lowest BCUT2D eigenvalue weighted by Gasteiger charge is -2.09. The number of ether oxygens (including phenoxy) is 2. The zero-order valence-corrected chi connectivity index (χ0v) is 12.6. The van der Waals surface area contributed by atoms with E-state index in [1.54, 1.807) is 20.3 Å². The fourth-order valence-corrected chi connectivity index (χ4v) is 2.01. The standard InChI is InChI=1S/C17H18N2O3/c1-21-15-10-6-9-14(17(15)22-2)12-18-19-16(20)11-13-7-4-3-5-8-13/h3-10,12H,11H2,1-2H3,(H,19,20)/b18-12-. The van der Waals surface area contributed by atoms with Gasteiger partial charge in [-0.2, -0.15) is 5.10 Å². The molecular formula is C17H18N2O3. The van der Waals surface area contributed by atoms with E-state index in [2.05, 4.69) is 10.5 Å². The summed E-state index contributed by atoms with van der Waals surface area (Å²) in [5, 5.41) is 3.96. The van der Waals surface area contributed by atoms with E-state index in [1.165, 1.54) is 6.21 Å². The first kappa shape index (κ1) is 15.6. The molecule has 0 bridgehead atoms. The Balaban J connectivity index is 1.99. The number of rotatable bonds is 6. The summed E-state index contributed by atoms with van der Waals surface area (Å²) in [6.45, 7) is 0. The van der Waals surface area contributed by atoms with Gasteiger partial charge in [-0.15, -0.1) is 0 Å². The maximum Gasteiger partial charge on any atom is 0.244 e. The van der Waals surface area contributed by atoms with Crippen molar-refractivity contribution in [3.63, 3.8) is 0 Å². The van der Waals surface area contributed by atoms with E-state index < -0.39 is 0 Å². The predicted octanol–water partition coefficient (Wildman–Crippen LogP) is 2.40. The topological polar surface area (TPSA) is 59.9 Å². The molecule has 0 spiro atoms. The van der Waals surface area contributed by atoms with Crippen LogP contribution in [0.4, 0.5) is 0 Å². The lowest BCUT2D eigenvalue weighted by molar-refractivity contribution is -0.120. The summed E-state index contributed by atoms with van der Waals surface area (Å²) >= 11 is 0. The molecule has 0 atom stereocenters. The summed E-state index contributed by atoms with van der Waals surface area (Å²) in [6.07, 6.45) is 1.82. The minimum absolute atomic E-state index is 0.177.